The minimum Gasteiger partial charge on any atom is -0.464 e. The molecule has 2 fully saturated rings. The van der Waals surface area contributed by atoms with Crippen molar-refractivity contribution in [3.63, 3.8) is 0 Å². The van der Waals surface area contributed by atoms with Gasteiger partial charge in [-0.1, -0.05) is 111 Å². The monoisotopic (exact) mass is 1800 g/mol. The molecule has 15 amide bonds. The molecule has 13 N–H and O–H groups in total. The number of carbonyl (C=O) groups is 15. The Kier molecular flexibility index (Phi) is 45.7. The number of nitrogens with one attached hydrogen (secondary N) is 9. The number of cyclic esters (lactones) is 1. The molecule has 126 heavy (non-hydrogen) atoms. The second-order valence-electron chi connectivity index (χ2n) is 32.2. The SMILES string of the molecule is CC[C@H](C)[C@@H]([C@@H](CC(=O)N1CCC[C@H]1[C@H](OC)[C@@H](C)C(=O)N[C@H](C)[C@@H](OP(=O)(O)O)c1ccccc1)OC)N(C)C(=O)[C@@H](NC(=O)[C@H](C(C)C)N(C)C(=O)OCc1ccc(NC(=O)[C@H](CCCNC(N)=O)NC(=O)[C@@H](NC(=O)[C@H](CC(=O)N[C@H]2CCOC2=O)NC(=O)CCOCCOCCOCCOCCNC(=O)CCN2C(=O)C=CC2=O)C(C)C)cc1)C(C)C. The molecule has 0 spiro atoms. The van der Waals surface area contributed by atoms with E-state index in [9.17, 15) is 86.3 Å². The number of likely N-dealkylation sites (tertiary alicyclic amines) is 1. The molecule has 2 aromatic carbocycles. The standard InChI is InChI=1S/C84H131N14O27P/c1-15-53(8)73(63(117-13)48-69(104)97-36-20-24-62(97)74(118-14)54(9)76(105)88-55(10)75(125-126(114,115)116)57-21-17-16-18-22-57)95(11)81(110)71(51(4)5)94-80(109)72(52(6)7)96(12)84(113)124-49-56-25-27-58(28-26-56)89-77(106)59(23-19-34-87-83(85)112)92-79(108)70(50(2)3)93-78(107)61(47-66(101)90-60-32-39-123-82(60)111)91-65(100)33-38-119-41-43-121-45-46-122-44-42-120-40-35-86-64(99)31-37-98-67(102)29-30-68(98)103/h16-18,21-22,25-30,50-55,59-63,70-75H,15,19-20,23-24,31-49H2,1-14H3,(H,86,99)(H,88,105)(H,89,106)(H,90,101)(H,91,100)(H,92,108)(H,93,107)(H,94,109)(H3,85,87,112)(H2,114,115,116)/t53-,54+,55+,59-,60-,61-,62-,63+,70-,71-,72-,73-,74+,75+/m0/s1. The molecule has 2 aromatic rings. The predicted molar refractivity (Wildman–Crippen MR) is 455 cm³/mol. The lowest BCUT2D eigenvalue weighted by molar-refractivity contribution is -0.148. The number of nitrogens with zero attached hydrogens (tertiary/aromatic N) is 4. The van der Waals surface area contributed by atoms with Crippen molar-refractivity contribution in [2.45, 2.75) is 213 Å². The first-order valence-corrected chi connectivity index (χ1v) is 44.1. The summed E-state index contributed by atoms with van der Waals surface area (Å²) in [6.45, 7) is 18.7. The average Bonchev–Trinajstić information content (AvgIpc) is 1.30. The maximum atomic E-state index is 15.0. The Labute approximate surface area is 735 Å². The Hall–Kier alpha value is -10.1. The summed E-state index contributed by atoms with van der Waals surface area (Å²) in [6.07, 6.45) is -0.823. The molecule has 2 saturated heterocycles. The van der Waals surface area contributed by atoms with Gasteiger partial charge >= 0.3 is 25.9 Å². The van der Waals surface area contributed by atoms with Gasteiger partial charge < -0.3 is 111 Å². The van der Waals surface area contributed by atoms with Gasteiger partial charge in [0.2, 0.25) is 59.1 Å². The van der Waals surface area contributed by atoms with Gasteiger partial charge in [-0.2, -0.15) is 0 Å². The number of carbonyl (C=O) groups excluding carboxylic acids is 15. The van der Waals surface area contributed by atoms with Gasteiger partial charge in [-0.15, -0.1) is 0 Å². The van der Waals surface area contributed by atoms with Crippen molar-refractivity contribution in [1.29, 1.82) is 0 Å². The largest absolute Gasteiger partial charge is 0.470 e. The van der Waals surface area contributed by atoms with Crippen molar-refractivity contribution in [2.24, 2.45) is 35.3 Å². The van der Waals surface area contributed by atoms with Crippen LogP contribution in [0.3, 0.4) is 0 Å². The van der Waals surface area contributed by atoms with E-state index < -0.39 is 188 Å². The number of hydrogen-bond acceptors (Lipinski definition) is 25. The molecule has 0 aromatic heterocycles. The van der Waals surface area contributed by atoms with Crippen molar-refractivity contribution in [3.05, 3.63) is 77.9 Å². The molecule has 3 aliphatic rings. The number of primary amides is 1. The molecule has 3 aliphatic heterocycles. The van der Waals surface area contributed by atoms with Gasteiger partial charge in [0.05, 0.1) is 109 Å². The fourth-order valence-electron chi connectivity index (χ4n) is 14.7. The van der Waals surface area contributed by atoms with Crippen LogP contribution in [-0.4, -0.2) is 299 Å². The van der Waals surface area contributed by atoms with Crippen LogP contribution in [0, 0.1) is 29.6 Å². The maximum Gasteiger partial charge on any atom is 0.470 e. The second kappa shape index (κ2) is 54.2. The van der Waals surface area contributed by atoms with Crippen LogP contribution in [0.1, 0.15) is 151 Å². The summed E-state index contributed by atoms with van der Waals surface area (Å²) < 4.78 is 61.9. The average molecular weight is 1800 g/mol. The number of benzene rings is 2. The van der Waals surface area contributed by atoms with Crippen LogP contribution in [0.2, 0.25) is 0 Å². The number of rotatable bonds is 57. The number of imide groups is 1. The fraction of sp³-hybridized carbons (Fsp3) is 0.655. The number of anilines is 1. The molecule has 0 aliphatic carbocycles. The number of ether oxygens (including phenoxy) is 8. The third kappa shape index (κ3) is 35.3. The summed E-state index contributed by atoms with van der Waals surface area (Å²) >= 11 is 0. The quantitative estimate of drug-likeness (QED) is 0.0195. The summed E-state index contributed by atoms with van der Waals surface area (Å²) in [4.78, 5) is 226. The number of likely N-dealkylation sites (N-methyl/N-ethyl adjacent to an activating group) is 2. The lowest BCUT2D eigenvalue weighted by Crippen LogP contribution is -2.60. The summed E-state index contributed by atoms with van der Waals surface area (Å²) in [5.74, 6) is -10.8. The van der Waals surface area contributed by atoms with E-state index in [0.717, 1.165) is 22.0 Å². The van der Waals surface area contributed by atoms with Crippen molar-refractivity contribution in [3.8, 4) is 0 Å². The minimum atomic E-state index is -5.01. The third-order valence-corrected chi connectivity index (χ3v) is 22.2. The number of hydrogen-bond donors (Lipinski definition) is 12. The molecule has 14 atom stereocenters. The highest BCUT2D eigenvalue weighted by molar-refractivity contribution is 7.46. The number of phosphoric acid groups is 1. The first-order valence-electron chi connectivity index (χ1n) is 42.5. The lowest BCUT2D eigenvalue weighted by Gasteiger charge is -2.41. The molecule has 42 heteroatoms. The molecular formula is C84H131N14O27P. The van der Waals surface area contributed by atoms with E-state index in [1.54, 1.807) is 110 Å². The Morgan fingerprint density at radius 3 is 1.80 bits per heavy atom. The van der Waals surface area contributed by atoms with Crippen LogP contribution in [-0.2, 0) is 116 Å². The van der Waals surface area contributed by atoms with Crippen molar-refractivity contribution >= 4 is 102 Å². The third-order valence-electron chi connectivity index (χ3n) is 21.7. The van der Waals surface area contributed by atoms with Crippen LogP contribution in [0.4, 0.5) is 15.3 Å². The van der Waals surface area contributed by atoms with Gasteiger partial charge in [0.15, 0.2) is 0 Å². The van der Waals surface area contributed by atoms with E-state index in [4.69, 9.17) is 48.2 Å². The van der Waals surface area contributed by atoms with Crippen molar-refractivity contribution < 1.29 is 129 Å². The number of methoxy groups -OCH3 is 2. The molecule has 0 unspecified atom stereocenters. The maximum absolute atomic E-state index is 15.0. The van der Waals surface area contributed by atoms with E-state index in [1.165, 1.54) is 38.3 Å². The van der Waals surface area contributed by atoms with Gasteiger partial charge in [-0.3, -0.25) is 71.9 Å². The molecule has 0 radical (unpaired) electrons. The predicted octanol–water partition coefficient (Wildman–Crippen LogP) is 1.90. The highest BCUT2D eigenvalue weighted by Crippen LogP contribution is 2.44. The Morgan fingerprint density at radius 1 is 0.627 bits per heavy atom. The van der Waals surface area contributed by atoms with Crippen LogP contribution in [0.25, 0.3) is 0 Å². The molecular weight excluding hydrogens is 1670 g/mol. The number of nitrogens with two attached hydrogens (primary N) is 1. The molecule has 5 rings (SSSR count). The number of phosphoric ester groups is 1. The van der Waals surface area contributed by atoms with E-state index in [2.05, 4.69) is 47.9 Å². The van der Waals surface area contributed by atoms with E-state index in [0.29, 0.717) is 36.9 Å². The van der Waals surface area contributed by atoms with Crippen molar-refractivity contribution in [2.75, 3.05) is 119 Å². The Balaban J connectivity index is 1.15. The van der Waals surface area contributed by atoms with Crippen molar-refractivity contribution in [1.82, 2.24) is 62.1 Å². The van der Waals surface area contributed by atoms with Crippen LogP contribution in [0.15, 0.2) is 66.7 Å². The zero-order valence-electron chi connectivity index (χ0n) is 74.6. The normalized spacial score (nSPS) is 17.4. The van der Waals surface area contributed by atoms with Gasteiger partial charge in [0.1, 0.15) is 49.0 Å². The summed E-state index contributed by atoms with van der Waals surface area (Å²) in [5, 5.41) is 23.9. The highest BCUT2D eigenvalue weighted by Gasteiger charge is 2.45. The van der Waals surface area contributed by atoms with Crippen LogP contribution >= 0.6 is 7.82 Å². The number of amides is 15. The first-order chi connectivity index (χ1) is 59.7. The first kappa shape index (κ1) is 106. The van der Waals surface area contributed by atoms with Crippen LogP contribution in [0.5, 0.6) is 0 Å². The zero-order valence-corrected chi connectivity index (χ0v) is 75.4. The molecule has 41 nitrogen and oxygen atoms in total. The summed E-state index contributed by atoms with van der Waals surface area (Å²) in [7, 11) is 0.853. The Morgan fingerprint density at radius 2 is 1.24 bits per heavy atom. The molecule has 3 heterocycles. The minimum absolute atomic E-state index is 0.00133. The van der Waals surface area contributed by atoms with E-state index in [1.807, 2.05) is 13.8 Å². The molecule has 0 saturated carbocycles. The molecule has 704 valence electrons. The second-order valence-corrected chi connectivity index (χ2v) is 33.4. The molecule has 0 bridgehead atoms. The highest BCUT2D eigenvalue weighted by atomic mass is 31.2. The van der Waals surface area contributed by atoms with Gasteiger partial charge in [0, 0.05) is 91.6 Å². The van der Waals surface area contributed by atoms with Gasteiger partial charge in [-0.05, 0) is 79.5 Å². The zero-order chi connectivity index (χ0) is 93.5. The fourth-order valence-corrected chi connectivity index (χ4v) is 15.3. The summed E-state index contributed by atoms with van der Waals surface area (Å²) in [5.41, 5.74) is 6.40. The number of urea groups is 1. The van der Waals surface area contributed by atoms with E-state index in [-0.39, 0.29) is 148 Å². The van der Waals surface area contributed by atoms with E-state index >= 15 is 0 Å². The van der Waals surface area contributed by atoms with Gasteiger partial charge in [-0.25, -0.2) is 18.9 Å². The topological polar surface area (TPSA) is 544 Å². The lowest BCUT2D eigenvalue weighted by atomic mass is 9.89. The van der Waals surface area contributed by atoms with Crippen LogP contribution < -0.4 is 53.6 Å². The summed E-state index contributed by atoms with van der Waals surface area (Å²) in [6, 6.07) is 3.79. The smallest absolute Gasteiger partial charge is 0.464 e. The van der Waals surface area contributed by atoms with Gasteiger partial charge in [0.25, 0.3) is 11.8 Å². The Bertz CT molecular complexity index is 3990. The number of esters is 1.